The number of carbonyl (C=O) groups excluding carboxylic acids is 1. The zero-order valence-electron chi connectivity index (χ0n) is 14.1. The molecular weight excluding hydrogens is 312 g/mol. The summed E-state index contributed by atoms with van der Waals surface area (Å²) in [6.45, 7) is 0.234. The lowest BCUT2D eigenvalue weighted by molar-refractivity contribution is 0.0584. The Labute approximate surface area is 138 Å². The average molecular weight is 332 g/mol. The fourth-order valence-electron chi connectivity index (χ4n) is 2.39. The Balaban J connectivity index is 2.44. The van der Waals surface area contributed by atoms with Crippen LogP contribution in [0.2, 0.25) is 0 Å². The molecule has 0 aliphatic heterocycles. The maximum atomic E-state index is 12.8. The summed E-state index contributed by atoms with van der Waals surface area (Å²) >= 11 is 0. The zero-order chi connectivity index (χ0) is 17.9. The molecule has 0 aliphatic rings. The fourth-order valence-corrected chi connectivity index (χ4v) is 2.39. The molecule has 0 spiro atoms. The van der Waals surface area contributed by atoms with Gasteiger partial charge in [0.15, 0.2) is 0 Å². The lowest BCUT2D eigenvalue weighted by Gasteiger charge is -2.27. The van der Waals surface area contributed by atoms with Gasteiger partial charge in [-0.2, -0.15) is 0 Å². The quantitative estimate of drug-likeness (QED) is 0.765. The molecule has 8 nitrogen and oxygen atoms in total. The number of rotatable bonds is 5. The standard InChI is InChI=1S/C16H20N4O4/c1-18(13(10-24-4)11-7-5-6-8-17-11)15(22)12-9-14(21)20(3)16(23)19(12)2/h5-9,13H,10H2,1-4H3/t13-/m1/s1. The van der Waals surface area contributed by atoms with E-state index in [9.17, 15) is 14.4 Å². The number of hydrogen-bond acceptors (Lipinski definition) is 5. The molecule has 2 aromatic rings. The molecule has 1 atom stereocenters. The zero-order valence-corrected chi connectivity index (χ0v) is 14.1. The van der Waals surface area contributed by atoms with E-state index in [4.69, 9.17) is 4.74 Å². The van der Waals surface area contributed by atoms with Gasteiger partial charge in [-0.15, -0.1) is 0 Å². The third-order valence-electron chi connectivity index (χ3n) is 3.89. The summed E-state index contributed by atoms with van der Waals surface area (Å²) in [5, 5.41) is 0. The van der Waals surface area contributed by atoms with E-state index >= 15 is 0 Å². The highest BCUT2D eigenvalue weighted by Gasteiger charge is 2.26. The summed E-state index contributed by atoms with van der Waals surface area (Å²) in [6, 6.07) is 6.10. The SMILES string of the molecule is COC[C@H](c1ccccn1)N(C)C(=O)c1cc(=O)n(C)c(=O)n1C. The van der Waals surface area contributed by atoms with Crippen molar-refractivity contribution in [2.24, 2.45) is 14.1 Å². The number of likely N-dealkylation sites (N-methyl/N-ethyl adjacent to an activating group) is 1. The van der Waals surface area contributed by atoms with Gasteiger partial charge < -0.3 is 9.64 Å². The van der Waals surface area contributed by atoms with Gasteiger partial charge in [0.25, 0.3) is 11.5 Å². The van der Waals surface area contributed by atoms with E-state index in [2.05, 4.69) is 4.98 Å². The van der Waals surface area contributed by atoms with E-state index in [1.807, 2.05) is 6.07 Å². The summed E-state index contributed by atoms with van der Waals surface area (Å²) < 4.78 is 7.30. The Morgan fingerprint density at radius 2 is 2.00 bits per heavy atom. The summed E-state index contributed by atoms with van der Waals surface area (Å²) in [6.07, 6.45) is 1.63. The van der Waals surface area contributed by atoms with Crippen molar-refractivity contribution in [2.45, 2.75) is 6.04 Å². The van der Waals surface area contributed by atoms with Crippen molar-refractivity contribution in [2.75, 3.05) is 20.8 Å². The Hall–Kier alpha value is -2.74. The van der Waals surface area contributed by atoms with E-state index in [1.165, 1.54) is 26.1 Å². The van der Waals surface area contributed by atoms with Crippen molar-refractivity contribution in [1.29, 1.82) is 0 Å². The molecule has 0 bridgehead atoms. The first-order chi connectivity index (χ1) is 11.4. The van der Waals surface area contributed by atoms with Crippen LogP contribution in [0.3, 0.4) is 0 Å². The number of ether oxygens (including phenoxy) is 1. The molecule has 0 saturated heterocycles. The van der Waals surface area contributed by atoms with Gasteiger partial charge in [-0.3, -0.25) is 23.7 Å². The van der Waals surface area contributed by atoms with Crippen molar-refractivity contribution < 1.29 is 9.53 Å². The Kier molecular flexibility index (Phi) is 5.30. The Morgan fingerprint density at radius 3 is 2.58 bits per heavy atom. The number of aromatic nitrogens is 3. The van der Waals surface area contributed by atoms with Crippen LogP contribution in [0.1, 0.15) is 22.2 Å². The third kappa shape index (κ3) is 3.28. The first-order valence-corrected chi connectivity index (χ1v) is 7.32. The highest BCUT2D eigenvalue weighted by Crippen LogP contribution is 2.19. The van der Waals surface area contributed by atoms with Gasteiger partial charge >= 0.3 is 5.69 Å². The molecule has 0 aliphatic carbocycles. The molecule has 128 valence electrons. The fraction of sp³-hybridized carbons (Fsp3) is 0.375. The molecule has 0 N–H and O–H groups in total. The summed E-state index contributed by atoms with van der Waals surface area (Å²) in [5.74, 6) is -0.458. The number of pyridine rings is 1. The molecule has 1 amide bonds. The Morgan fingerprint density at radius 1 is 1.29 bits per heavy atom. The molecule has 8 heteroatoms. The van der Waals surface area contributed by atoms with Crippen LogP contribution in [0.25, 0.3) is 0 Å². The lowest BCUT2D eigenvalue weighted by Crippen LogP contribution is -2.43. The first-order valence-electron chi connectivity index (χ1n) is 7.32. The van der Waals surface area contributed by atoms with E-state index in [-0.39, 0.29) is 12.3 Å². The highest BCUT2D eigenvalue weighted by molar-refractivity contribution is 5.92. The third-order valence-corrected chi connectivity index (χ3v) is 3.89. The number of amides is 1. The summed E-state index contributed by atoms with van der Waals surface area (Å²) in [4.78, 5) is 42.3. The minimum absolute atomic E-state index is 0.0163. The van der Waals surface area contributed by atoms with Crippen LogP contribution in [0.5, 0.6) is 0 Å². The lowest BCUT2D eigenvalue weighted by atomic mass is 10.1. The topological polar surface area (TPSA) is 86.4 Å². The molecule has 2 rings (SSSR count). The average Bonchev–Trinajstić information content (AvgIpc) is 2.60. The molecule has 0 fully saturated rings. The monoisotopic (exact) mass is 332 g/mol. The van der Waals surface area contributed by atoms with Gasteiger partial charge in [-0.05, 0) is 12.1 Å². The number of carbonyl (C=O) groups is 1. The maximum absolute atomic E-state index is 12.8. The van der Waals surface area contributed by atoms with Crippen molar-refractivity contribution in [1.82, 2.24) is 19.0 Å². The number of hydrogen-bond donors (Lipinski definition) is 0. The summed E-state index contributed by atoms with van der Waals surface area (Å²) in [5.41, 5.74) is -0.414. The van der Waals surface area contributed by atoms with Gasteiger partial charge in [-0.25, -0.2) is 4.79 Å². The first kappa shape index (κ1) is 17.6. The smallest absolute Gasteiger partial charge is 0.331 e. The van der Waals surface area contributed by atoms with Crippen LogP contribution in [-0.4, -0.2) is 45.7 Å². The van der Waals surface area contributed by atoms with Gasteiger partial charge in [0.2, 0.25) is 0 Å². The van der Waals surface area contributed by atoms with Crippen LogP contribution in [0, 0.1) is 0 Å². The molecular formula is C16H20N4O4. The van der Waals surface area contributed by atoms with Gasteiger partial charge in [0.05, 0.1) is 18.3 Å². The molecule has 2 heterocycles. The van der Waals surface area contributed by atoms with E-state index in [0.717, 1.165) is 15.2 Å². The van der Waals surface area contributed by atoms with Crippen LogP contribution >= 0.6 is 0 Å². The second-order valence-corrected chi connectivity index (χ2v) is 5.41. The minimum atomic E-state index is -0.555. The second kappa shape index (κ2) is 7.22. The molecule has 0 aromatic carbocycles. The van der Waals surface area contributed by atoms with Crippen LogP contribution in [0.4, 0.5) is 0 Å². The maximum Gasteiger partial charge on any atom is 0.331 e. The molecule has 2 aromatic heterocycles. The van der Waals surface area contributed by atoms with E-state index in [1.54, 1.807) is 25.4 Å². The van der Waals surface area contributed by atoms with E-state index in [0.29, 0.717) is 5.69 Å². The van der Waals surface area contributed by atoms with Crippen molar-refractivity contribution >= 4 is 5.91 Å². The van der Waals surface area contributed by atoms with Crippen LogP contribution in [-0.2, 0) is 18.8 Å². The van der Waals surface area contributed by atoms with Crippen molar-refractivity contribution in [3.63, 3.8) is 0 Å². The predicted molar refractivity (Wildman–Crippen MR) is 87.9 cm³/mol. The molecule has 24 heavy (non-hydrogen) atoms. The van der Waals surface area contributed by atoms with Crippen LogP contribution in [0.15, 0.2) is 40.1 Å². The Bertz CT molecular complexity index is 841. The van der Waals surface area contributed by atoms with E-state index < -0.39 is 23.2 Å². The number of methoxy groups -OCH3 is 1. The van der Waals surface area contributed by atoms with Gasteiger partial charge in [0.1, 0.15) is 5.69 Å². The largest absolute Gasteiger partial charge is 0.382 e. The molecule has 0 radical (unpaired) electrons. The minimum Gasteiger partial charge on any atom is -0.382 e. The van der Waals surface area contributed by atoms with Crippen LogP contribution < -0.4 is 11.2 Å². The second-order valence-electron chi connectivity index (χ2n) is 5.41. The van der Waals surface area contributed by atoms with Crippen molar-refractivity contribution in [3.8, 4) is 0 Å². The highest BCUT2D eigenvalue weighted by atomic mass is 16.5. The molecule has 0 unspecified atom stereocenters. The number of nitrogens with zero attached hydrogens (tertiary/aromatic N) is 4. The summed E-state index contributed by atoms with van der Waals surface area (Å²) in [7, 11) is 5.93. The predicted octanol–water partition coefficient (Wildman–Crippen LogP) is -0.0613. The normalized spacial score (nSPS) is 12.0. The van der Waals surface area contributed by atoms with Gasteiger partial charge in [-0.1, -0.05) is 6.07 Å². The van der Waals surface area contributed by atoms with Crippen molar-refractivity contribution in [3.05, 3.63) is 62.7 Å². The molecule has 0 saturated carbocycles. The van der Waals surface area contributed by atoms with Gasteiger partial charge in [0, 0.05) is 40.5 Å².